The van der Waals surface area contributed by atoms with E-state index < -0.39 is 29.8 Å². The number of hydrogen-bond acceptors (Lipinski definition) is 4. The van der Waals surface area contributed by atoms with E-state index in [-0.39, 0.29) is 22.4 Å². The molecule has 1 unspecified atom stereocenters. The van der Waals surface area contributed by atoms with Crippen LogP contribution in [-0.2, 0) is 5.54 Å². The average Bonchev–Trinajstić information content (AvgIpc) is 2.66. The molecule has 1 atom stereocenters. The van der Waals surface area contributed by atoms with Gasteiger partial charge >= 0.3 is 12.7 Å². The molecule has 0 fully saturated rings. The first-order valence-corrected chi connectivity index (χ1v) is 8.82. The van der Waals surface area contributed by atoms with Crippen molar-refractivity contribution >= 4 is 0 Å². The summed E-state index contributed by atoms with van der Waals surface area (Å²) in [4.78, 5) is 4.03. The van der Waals surface area contributed by atoms with Gasteiger partial charge in [0.1, 0.15) is 11.5 Å². The molecule has 0 aliphatic carbocycles. The molecule has 2 N–H and O–H groups in total. The predicted molar refractivity (Wildman–Crippen MR) is 100 cm³/mol. The number of ether oxygens (including phenoxy) is 2. The maximum atomic E-state index is 13.0. The molecule has 0 aliphatic rings. The first kappa shape index (κ1) is 22.4. The monoisotopic (exact) mass is 442 g/mol. The van der Waals surface area contributed by atoms with Gasteiger partial charge < -0.3 is 15.2 Å². The SMILES string of the molecule is CC(N)(c1cccc(OC(F)(F)F)c1)c1ccc(-c2ccccn2)c(OC(F)(F)F)c1. The van der Waals surface area contributed by atoms with Crippen molar-refractivity contribution in [1.29, 1.82) is 0 Å². The number of nitrogens with two attached hydrogens (primary N) is 1. The van der Waals surface area contributed by atoms with Crippen molar-refractivity contribution in [3.63, 3.8) is 0 Å². The summed E-state index contributed by atoms with van der Waals surface area (Å²) in [5.74, 6) is -1.04. The lowest BCUT2D eigenvalue weighted by molar-refractivity contribution is -0.275. The molecule has 1 heterocycles. The minimum Gasteiger partial charge on any atom is -0.406 e. The van der Waals surface area contributed by atoms with E-state index in [1.54, 1.807) is 12.1 Å². The highest BCUT2D eigenvalue weighted by molar-refractivity contribution is 5.68. The fourth-order valence-electron chi connectivity index (χ4n) is 2.97. The second-order valence-electron chi connectivity index (χ2n) is 6.75. The highest BCUT2D eigenvalue weighted by Crippen LogP contribution is 2.38. The molecule has 3 aromatic rings. The van der Waals surface area contributed by atoms with E-state index in [1.165, 1.54) is 43.5 Å². The molecule has 1 aromatic heterocycles. The van der Waals surface area contributed by atoms with Crippen molar-refractivity contribution in [1.82, 2.24) is 4.98 Å². The third-order valence-corrected chi connectivity index (χ3v) is 4.42. The summed E-state index contributed by atoms with van der Waals surface area (Å²) in [6, 6.07) is 13.6. The zero-order valence-electron chi connectivity index (χ0n) is 16.0. The van der Waals surface area contributed by atoms with Crippen LogP contribution in [0.15, 0.2) is 66.9 Å². The Morgan fingerprint density at radius 3 is 2.06 bits per heavy atom. The molecular weight excluding hydrogens is 426 g/mol. The van der Waals surface area contributed by atoms with E-state index in [2.05, 4.69) is 14.5 Å². The number of hydrogen-bond donors (Lipinski definition) is 1. The standard InChI is InChI=1S/C21H16F6N2O2/c1-19(28,13-5-4-6-15(11-13)30-20(22,23)24)14-8-9-16(17-7-2-3-10-29-17)18(12-14)31-21(25,26)27/h2-12H,28H2,1H3. The fourth-order valence-corrected chi connectivity index (χ4v) is 2.97. The third-order valence-electron chi connectivity index (χ3n) is 4.42. The van der Waals surface area contributed by atoms with Gasteiger partial charge in [-0.3, -0.25) is 4.98 Å². The smallest absolute Gasteiger partial charge is 0.406 e. The first-order valence-electron chi connectivity index (χ1n) is 8.82. The third kappa shape index (κ3) is 5.66. The number of benzene rings is 2. The minimum absolute atomic E-state index is 0.0756. The fraction of sp³-hybridized carbons (Fsp3) is 0.190. The van der Waals surface area contributed by atoms with Gasteiger partial charge in [-0.15, -0.1) is 26.3 Å². The van der Waals surface area contributed by atoms with Crippen LogP contribution < -0.4 is 15.2 Å². The van der Waals surface area contributed by atoms with Gasteiger partial charge in [0.05, 0.1) is 11.2 Å². The van der Waals surface area contributed by atoms with Crippen molar-refractivity contribution in [2.45, 2.75) is 25.2 Å². The number of alkyl halides is 6. The van der Waals surface area contributed by atoms with E-state index in [1.807, 2.05) is 0 Å². The number of aromatic nitrogens is 1. The quantitative estimate of drug-likeness (QED) is 0.510. The largest absolute Gasteiger partial charge is 0.573 e. The van der Waals surface area contributed by atoms with E-state index in [4.69, 9.17) is 5.73 Å². The van der Waals surface area contributed by atoms with Gasteiger partial charge in [-0.1, -0.05) is 24.3 Å². The van der Waals surface area contributed by atoms with Crippen molar-refractivity contribution in [3.05, 3.63) is 78.0 Å². The Hall–Kier alpha value is -3.27. The average molecular weight is 442 g/mol. The van der Waals surface area contributed by atoms with Gasteiger partial charge in [-0.05, 0) is 54.4 Å². The molecular formula is C21H16F6N2O2. The highest BCUT2D eigenvalue weighted by Gasteiger charge is 2.35. The highest BCUT2D eigenvalue weighted by atomic mass is 19.4. The van der Waals surface area contributed by atoms with Crippen LogP contribution >= 0.6 is 0 Å². The van der Waals surface area contributed by atoms with Gasteiger partial charge in [0, 0.05) is 11.8 Å². The topological polar surface area (TPSA) is 57.4 Å². The summed E-state index contributed by atoms with van der Waals surface area (Å²) in [6.07, 6.45) is -8.46. The van der Waals surface area contributed by atoms with Gasteiger partial charge in [-0.25, -0.2) is 0 Å². The molecule has 31 heavy (non-hydrogen) atoms. The number of nitrogens with zero attached hydrogens (tertiary/aromatic N) is 1. The van der Waals surface area contributed by atoms with Gasteiger partial charge in [0.25, 0.3) is 0 Å². The Labute approximate surface area is 173 Å². The van der Waals surface area contributed by atoms with Crippen molar-refractivity contribution in [2.75, 3.05) is 0 Å². The molecule has 10 heteroatoms. The molecule has 0 spiro atoms. The van der Waals surface area contributed by atoms with E-state index in [0.717, 1.165) is 18.2 Å². The molecule has 4 nitrogen and oxygen atoms in total. The molecule has 0 saturated carbocycles. The van der Waals surface area contributed by atoms with Gasteiger partial charge in [0.2, 0.25) is 0 Å². The molecule has 0 amide bonds. The van der Waals surface area contributed by atoms with Gasteiger partial charge in [-0.2, -0.15) is 0 Å². The van der Waals surface area contributed by atoms with Crippen LogP contribution in [0.4, 0.5) is 26.3 Å². The lowest BCUT2D eigenvalue weighted by Crippen LogP contribution is -2.34. The molecule has 0 aliphatic heterocycles. The lowest BCUT2D eigenvalue weighted by Gasteiger charge is -2.27. The van der Waals surface area contributed by atoms with Crippen LogP contribution in [0.25, 0.3) is 11.3 Å². The first-order chi connectivity index (χ1) is 14.4. The number of halogens is 6. The summed E-state index contributed by atoms with van der Waals surface area (Å²) in [7, 11) is 0. The Bertz CT molecular complexity index is 1050. The van der Waals surface area contributed by atoms with E-state index >= 15 is 0 Å². The lowest BCUT2D eigenvalue weighted by atomic mass is 9.85. The summed E-state index contributed by atoms with van der Waals surface area (Å²) >= 11 is 0. The maximum absolute atomic E-state index is 13.0. The molecule has 3 rings (SSSR count). The predicted octanol–water partition coefficient (Wildman–Crippen LogP) is 5.77. The zero-order chi connectivity index (χ0) is 22.9. The summed E-state index contributed by atoms with van der Waals surface area (Å²) in [6.45, 7) is 1.45. The number of pyridine rings is 1. The second-order valence-corrected chi connectivity index (χ2v) is 6.75. The molecule has 0 bridgehead atoms. The molecule has 164 valence electrons. The van der Waals surface area contributed by atoms with Crippen LogP contribution in [0.5, 0.6) is 11.5 Å². The Kier molecular flexibility index (Phi) is 5.86. The van der Waals surface area contributed by atoms with Crippen molar-refractivity contribution in [2.24, 2.45) is 5.73 Å². The van der Waals surface area contributed by atoms with Crippen LogP contribution in [0, 0.1) is 0 Å². The van der Waals surface area contributed by atoms with Gasteiger partial charge in [0.15, 0.2) is 0 Å². The van der Waals surface area contributed by atoms with Crippen molar-refractivity contribution in [3.8, 4) is 22.8 Å². The number of rotatable bonds is 5. The summed E-state index contributed by atoms with van der Waals surface area (Å²) < 4.78 is 84.7. The summed E-state index contributed by atoms with van der Waals surface area (Å²) in [5.41, 5.74) is 5.55. The molecule has 0 radical (unpaired) electrons. The maximum Gasteiger partial charge on any atom is 0.573 e. The van der Waals surface area contributed by atoms with Crippen LogP contribution in [0.1, 0.15) is 18.1 Å². The second kappa shape index (κ2) is 8.10. The molecule has 0 saturated heterocycles. The van der Waals surface area contributed by atoms with E-state index in [0.29, 0.717) is 0 Å². The van der Waals surface area contributed by atoms with E-state index in [9.17, 15) is 26.3 Å². The van der Waals surface area contributed by atoms with Crippen molar-refractivity contribution < 1.29 is 35.8 Å². The Balaban J connectivity index is 2.05. The zero-order valence-corrected chi connectivity index (χ0v) is 16.0. The van der Waals surface area contributed by atoms with Crippen LogP contribution in [-0.4, -0.2) is 17.7 Å². The Morgan fingerprint density at radius 2 is 1.45 bits per heavy atom. The summed E-state index contributed by atoms with van der Waals surface area (Å²) in [5, 5.41) is 0. The van der Waals surface area contributed by atoms with Crippen LogP contribution in [0.2, 0.25) is 0 Å². The molecule has 2 aromatic carbocycles. The Morgan fingerprint density at radius 1 is 0.774 bits per heavy atom. The minimum atomic E-state index is -4.98. The van der Waals surface area contributed by atoms with Crippen LogP contribution in [0.3, 0.4) is 0 Å². The normalized spacial score (nSPS) is 14.1.